The molecule has 8 heteroatoms. The topological polar surface area (TPSA) is 78.4 Å². The molecular weight excluding hydrogens is 364 g/mol. The Kier molecular flexibility index (Phi) is 11.1. The lowest BCUT2D eigenvalue weighted by atomic mass is 10.0. The van der Waals surface area contributed by atoms with Crippen molar-refractivity contribution in [2.45, 2.75) is 80.2 Å². The Bertz CT molecular complexity index is 397. The first-order chi connectivity index (χ1) is 11.4. The number of thiol groups is 2. The number of fused-ring (bicyclic) bond motifs is 1. The Labute approximate surface area is 160 Å². The summed E-state index contributed by atoms with van der Waals surface area (Å²) in [7, 11) is 0. The first-order valence-electron chi connectivity index (χ1n) is 8.70. The summed E-state index contributed by atoms with van der Waals surface area (Å²) in [6.07, 6.45) is 7.89. The molecule has 0 bridgehead atoms. The van der Waals surface area contributed by atoms with E-state index in [4.69, 9.17) is 5.11 Å². The van der Waals surface area contributed by atoms with E-state index < -0.39 is 5.97 Å². The summed E-state index contributed by atoms with van der Waals surface area (Å²) < 4.78 is 0.293. The van der Waals surface area contributed by atoms with Gasteiger partial charge in [-0.05, 0) is 19.3 Å². The highest BCUT2D eigenvalue weighted by molar-refractivity contribution is 8.00. The van der Waals surface area contributed by atoms with E-state index in [1.807, 2.05) is 11.8 Å². The first kappa shape index (κ1) is 21.8. The van der Waals surface area contributed by atoms with Gasteiger partial charge < -0.3 is 15.7 Å². The van der Waals surface area contributed by atoms with Gasteiger partial charge in [-0.3, -0.25) is 4.79 Å². The van der Waals surface area contributed by atoms with Crippen LogP contribution in [0.15, 0.2) is 0 Å². The number of urea groups is 1. The molecule has 0 spiro atoms. The molecule has 0 aromatic rings. The van der Waals surface area contributed by atoms with Gasteiger partial charge in [-0.1, -0.05) is 32.6 Å². The number of amides is 2. The summed E-state index contributed by atoms with van der Waals surface area (Å²) in [5, 5.41) is 14.8. The average Bonchev–Trinajstić information content (AvgIpc) is 3.04. The van der Waals surface area contributed by atoms with Gasteiger partial charge in [0.25, 0.3) is 0 Å². The summed E-state index contributed by atoms with van der Waals surface area (Å²) in [5.41, 5.74) is 0. The second-order valence-electron chi connectivity index (χ2n) is 6.24. The Hall–Kier alpha value is -0.210. The van der Waals surface area contributed by atoms with Gasteiger partial charge in [-0.2, -0.15) is 37.0 Å². The maximum Gasteiger partial charge on any atom is 0.315 e. The second-order valence-corrected chi connectivity index (χ2v) is 9.16. The van der Waals surface area contributed by atoms with Crippen LogP contribution in [0.1, 0.15) is 58.3 Å². The fourth-order valence-electron chi connectivity index (χ4n) is 2.84. The van der Waals surface area contributed by atoms with Crippen LogP contribution in [0.25, 0.3) is 0 Å². The molecule has 140 valence electrons. The fraction of sp³-hybridized carbons (Fsp3) is 0.875. The van der Waals surface area contributed by atoms with Crippen LogP contribution in [-0.2, 0) is 4.79 Å². The van der Waals surface area contributed by atoms with Crippen LogP contribution in [0.5, 0.6) is 0 Å². The van der Waals surface area contributed by atoms with Crippen molar-refractivity contribution >= 4 is 49.0 Å². The highest BCUT2D eigenvalue weighted by Crippen LogP contribution is 2.33. The molecule has 2 amide bonds. The number of nitrogens with one attached hydrogen (secondary N) is 2. The summed E-state index contributed by atoms with van der Waals surface area (Å²) >= 11 is 10.1. The molecular formula is C16H30N2O3S3. The molecule has 0 aromatic heterocycles. The molecule has 2 aliphatic heterocycles. The van der Waals surface area contributed by atoms with Gasteiger partial charge >= 0.3 is 12.0 Å². The van der Waals surface area contributed by atoms with Crippen LogP contribution < -0.4 is 10.6 Å². The molecule has 24 heavy (non-hydrogen) atoms. The van der Waals surface area contributed by atoms with E-state index in [2.05, 4.69) is 42.8 Å². The zero-order chi connectivity index (χ0) is 17.9. The summed E-state index contributed by atoms with van der Waals surface area (Å²) in [6.45, 7) is 2.20. The van der Waals surface area contributed by atoms with Crippen molar-refractivity contribution in [3.05, 3.63) is 0 Å². The molecule has 2 fully saturated rings. The Morgan fingerprint density at radius 2 is 2.04 bits per heavy atom. The van der Waals surface area contributed by atoms with Crippen LogP contribution in [0.3, 0.4) is 0 Å². The van der Waals surface area contributed by atoms with Crippen molar-refractivity contribution < 1.29 is 14.7 Å². The number of carbonyl (C=O) groups excluding carboxylic acids is 1. The number of hydrogen-bond acceptors (Lipinski definition) is 5. The maximum atomic E-state index is 11.1. The number of hydrogen-bond donors (Lipinski definition) is 5. The first-order valence-corrected chi connectivity index (χ1v) is 10.8. The van der Waals surface area contributed by atoms with Gasteiger partial charge in [-0.25, -0.2) is 4.79 Å². The Balaban J connectivity index is 0.000000307. The molecule has 2 rings (SSSR count). The van der Waals surface area contributed by atoms with Crippen LogP contribution in [0.2, 0.25) is 0 Å². The van der Waals surface area contributed by atoms with E-state index in [-0.39, 0.29) is 24.5 Å². The minimum absolute atomic E-state index is 0.0640. The van der Waals surface area contributed by atoms with Gasteiger partial charge in [-0.15, -0.1) is 0 Å². The molecule has 0 unspecified atom stereocenters. The normalized spacial score (nSPS) is 24.8. The molecule has 3 N–H and O–H groups in total. The number of carbonyl (C=O) groups is 2. The molecule has 3 atom stereocenters. The van der Waals surface area contributed by atoms with E-state index in [0.717, 1.165) is 31.4 Å². The molecule has 0 saturated carbocycles. The Morgan fingerprint density at radius 1 is 1.29 bits per heavy atom. The van der Waals surface area contributed by atoms with E-state index in [9.17, 15) is 9.59 Å². The van der Waals surface area contributed by atoms with Crippen LogP contribution in [0.4, 0.5) is 4.79 Å². The SMILES string of the molecule is CCCCCC(S)S.O=C(O)CCCC[C@@H]1SC[C@@H]2NC(=O)N[C@@H]21. The van der Waals surface area contributed by atoms with Crippen molar-refractivity contribution in [3.63, 3.8) is 0 Å². The molecule has 2 aliphatic rings. The second kappa shape index (κ2) is 12.2. The van der Waals surface area contributed by atoms with Crippen molar-refractivity contribution in [2.75, 3.05) is 5.75 Å². The number of rotatable bonds is 9. The highest BCUT2D eigenvalue weighted by Gasteiger charge is 2.42. The van der Waals surface area contributed by atoms with Gasteiger partial charge in [0.2, 0.25) is 0 Å². The molecule has 0 aliphatic carbocycles. The van der Waals surface area contributed by atoms with Crippen molar-refractivity contribution in [1.82, 2.24) is 10.6 Å². The summed E-state index contributed by atoms with van der Waals surface area (Å²) in [5.74, 6) is 0.236. The molecule has 2 heterocycles. The number of aliphatic carboxylic acids is 1. The van der Waals surface area contributed by atoms with Crippen LogP contribution in [0, 0.1) is 0 Å². The fourth-order valence-corrected chi connectivity index (χ4v) is 4.75. The third-order valence-electron chi connectivity index (χ3n) is 4.13. The zero-order valence-electron chi connectivity index (χ0n) is 14.2. The number of thioether (sulfide) groups is 1. The monoisotopic (exact) mass is 394 g/mol. The van der Waals surface area contributed by atoms with E-state index in [1.165, 1.54) is 19.3 Å². The van der Waals surface area contributed by atoms with Crippen LogP contribution >= 0.6 is 37.0 Å². The molecule has 5 nitrogen and oxygen atoms in total. The highest BCUT2D eigenvalue weighted by atomic mass is 32.2. The van der Waals surface area contributed by atoms with Gasteiger partial charge in [0, 0.05) is 22.0 Å². The number of unbranched alkanes of at least 4 members (excludes halogenated alkanes) is 3. The largest absolute Gasteiger partial charge is 0.481 e. The predicted molar refractivity (Wildman–Crippen MR) is 107 cm³/mol. The van der Waals surface area contributed by atoms with Gasteiger partial charge in [0.15, 0.2) is 0 Å². The maximum absolute atomic E-state index is 11.1. The molecule has 0 radical (unpaired) electrons. The summed E-state index contributed by atoms with van der Waals surface area (Å²) in [4.78, 5) is 21.5. The van der Waals surface area contributed by atoms with Gasteiger partial charge in [0.05, 0.1) is 12.1 Å². The Morgan fingerprint density at radius 3 is 2.67 bits per heavy atom. The third kappa shape index (κ3) is 8.76. The van der Waals surface area contributed by atoms with Crippen molar-refractivity contribution in [1.29, 1.82) is 0 Å². The average molecular weight is 395 g/mol. The van der Waals surface area contributed by atoms with Crippen LogP contribution in [-0.4, -0.2) is 44.8 Å². The lowest BCUT2D eigenvalue weighted by molar-refractivity contribution is -0.137. The van der Waals surface area contributed by atoms with Crippen molar-refractivity contribution in [2.24, 2.45) is 0 Å². The quantitative estimate of drug-likeness (QED) is 0.179. The lowest BCUT2D eigenvalue weighted by Gasteiger charge is -2.16. The number of carboxylic acids is 1. The minimum atomic E-state index is -0.729. The minimum Gasteiger partial charge on any atom is -0.481 e. The summed E-state index contributed by atoms with van der Waals surface area (Å²) in [6, 6.07) is 0.440. The third-order valence-corrected chi connectivity index (χ3v) is 6.16. The predicted octanol–water partition coefficient (Wildman–Crippen LogP) is 3.55. The van der Waals surface area contributed by atoms with Crippen molar-refractivity contribution in [3.8, 4) is 0 Å². The molecule has 2 saturated heterocycles. The number of carboxylic acid groups (broad SMARTS) is 1. The lowest BCUT2D eigenvalue weighted by Crippen LogP contribution is -2.36. The van der Waals surface area contributed by atoms with Gasteiger partial charge in [0.1, 0.15) is 0 Å². The smallest absolute Gasteiger partial charge is 0.315 e. The van der Waals surface area contributed by atoms with E-state index >= 15 is 0 Å². The zero-order valence-corrected chi connectivity index (χ0v) is 16.8. The van der Waals surface area contributed by atoms with E-state index in [0.29, 0.717) is 9.83 Å². The standard InChI is InChI=1S/C10H16N2O3S.C6H14S2/c13-8(14)4-2-1-3-7-9-6(5-16-7)11-10(15)12-9;1-2-3-4-5-6(7)8/h6-7,9H,1-5H2,(H,13,14)(H2,11,12,15);6-8H,2-5H2,1H3/t6-,7-,9-;/m0./s1. The van der Waals surface area contributed by atoms with E-state index in [1.54, 1.807) is 0 Å². The molecule has 0 aromatic carbocycles.